The molecule has 1 N–H and O–H groups in total. The van der Waals surface area contributed by atoms with Crippen LogP contribution in [0.4, 0.5) is 10.8 Å². The van der Waals surface area contributed by atoms with Crippen molar-refractivity contribution in [1.29, 1.82) is 0 Å². The maximum atomic E-state index is 11.7. The van der Waals surface area contributed by atoms with E-state index >= 15 is 0 Å². The largest absolute Gasteiger partial charge is 0.492 e. The standard InChI is InChI=1S/C22H23N3O4S/c1-14(2)25(21-23-17-5-3-4-6-19(17)29-21)11-12-28-16-9-7-15(8-10-16)13-18-20(26)30-22(27)24-18/h3-10,14,18H,11-13H2,1-2H3,(H,24,27). The highest BCUT2D eigenvalue weighted by atomic mass is 32.2. The van der Waals surface area contributed by atoms with Crippen LogP contribution >= 0.6 is 11.8 Å². The highest BCUT2D eigenvalue weighted by Gasteiger charge is 2.31. The fraction of sp³-hybridized carbons (Fsp3) is 0.318. The van der Waals surface area contributed by atoms with Gasteiger partial charge in [-0.05, 0) is 43.7 Å². The number of oxazole rings is 1. The number of carbonyl (C=O) groups excluding carboxylic acids is 2. The molecule has 0 aliphatic carbocycles. The maximum absolute atomic E-state index is 11.7. The molecule has 2 aromatic carbocycles. The van der Waals surface area contributed by atoms with E-state index in [-0.39, 0.29) is 16.4 Å². The Morgan fingerprint density at radius 2 is 1.93 bits per heavy atom. The molecule has 2 heterocycles. The average molecular weight is 426 g/mol. The summed E-state index contributed by atoms with van der Waals surface area (Å²) in [7, 11) is 0. The summed E-state index contributed by atoms with van der Waals surface area (Å²) < 4.78 is 11.8. The molecule has 3 aromatic rings. The summed E-state index contributed by atoms with van der Waals surface area (Å²) >= 11 is 0.735. The van der Waals surface area contributed by atoms with Crippen molar-refractivity contribution in [2.45, 2.75) is 32.4 Å². The average Bonchev–Trinajstić information content (AvgIpc) is 3.28. The van der Waals surface area contributed by atoms with Crippen molar-refractivity contribution < 1.29 is 18.7 Å². The third kappa shape index (κ3) is 4.59. The molecule has 8 heteroatoms. The van der Waals surface area contributed by atoms with Crippen LogP contribution in [0.25, 0.3) is 11.1 Å². The fourth-order valence-corrected chi connectivity index (χ4v) is 3.97. The van der Waals surface area contributed by atoms with Crippen LogP contribution in [0.3, 0.4) is 0 Å². The Hall–Kier alpha value is -3.00. The van der Waals surface area contributed by atoms with Crippen LogP contribution < -0.4 is 15.0 Å². The molecule has 1 aromatic heterocycles. The minimum absolute atomic E-state index is 0.131. The van der Waals surface area contributed by atoms with E-state index in [9.17, 15) is 9.59 Å². The summed E-state index contributed by atoms with van der Waals surface area (Å²) in [5.74, 6) is 0.746. The Labute approximate surface area is 178 Å². The number of nitrogens with zero attached hydrogens (tertiary/aromatic N) is 2. The van der Waals surface area contributed by atoms with Gasteiger partial charge in [0, 0.05) is 24.2 Å². The first-order valence-corrected chi connectivity index (χ1v) is 10.7. The number of nitrogens with one attached hydrogen (secondary N) is 1. The van der Waals surface area contributed by atoms with Crippen LogP contribution in [0.5, 0.6) is 5.75 Å². The van der Waals surface area contributed by atoms with E-state index in [1.807, 2.05) is 48.5 Å². The molecule has 1 amide bonds. The van der Waals surface area contributed by atoms with Crippen molar-refractivity contribution >= 4 is 39.2 Å². The molecule has 156 valence electrons. The number of thioether (sulfide) groups is 1. The van der Waals surface area contributed by atoms with Gasteiger partial charge in [-0.3, -0.25) is 9.59 Å². The van der Waals surface area contributed by atoms with Crippen LogP contribution in [-0.4, -0.2) is 40.6 Å². The summed E-state index contributed by atoms with van der Waals surface area (Å²) in [5.41, 5.74) is 2.58. The van der Waals surface area contributed by atoms with Gasteiger partial charge in [-0.25, -0.2) is 0 Å². The summed E-state index contributed by atoms with van der Waals surface area (Å²) in [4.78, 5) is 29.7. The van der Waals surface area contributed by atoms with Crippen LogP contribution in [0.2, 0.25) is 0 Å². The van der Waals surface area contributed by atoms with E-state index in [0.29, 0.717) is 25.6 Å². The minimum Gasteiger partial charge on any atom is -0.492 e. The minimum atomic E-state index is -0.454. The summed E-state index contributed by atoms with van der Waals surface area (Å²) in [6, 6.07) is 15.6. The summed E-state index contributed by atoms with van der Waals surface area (Å²) in [5, 5.41) is 2.26. The van der Waals surface area contributed by atoms with Gasteiger partial charge in [0.15, 0.2) is 5.58 Å². The van der Waals surface area contributed by atoms with Crippen LogP contribution in [-0.2, 0) is 11.2 Å². The summed E-state index contributed by atoms with van der Waals surface area (Å²) in [6.07, 6.45) is 0.483. The van der Waals surface area contributed by atoms with Gasteiger partial charge in [0.2, 0.25) is 5.12 Å². The zero-order chi connectivity index (χ0) is 21.1. The predicted molar refractivity (Wildman–Crippen MR) is 117 cm³/mol. The van der Waals surface area contributed by atoms with Crippen LogP contribution in [0, 0.1) is 0 Å². The molecule has 1 aliphatic rings. The van der Waals surface area contributed by atoms with Crippen LogP contribution in [0.1, 0.15) is 19.4 Å². The lowest BCUT2D eigenvalue weighted by atomic mass is 10.1. The van der Waals surface area contributed by atoms with Gasteiger partial charge in [-0.2, -0.15) is 4.98 Å². The number of rotatable bonds is 8. The highest BCUT2D eigenvalue weighted by Crippen LogP contribution is 2.23. The third-order valence-corrected chi connectivity index (χ3v) is 5.67. The Morgan fingerprint density at radius 3 is 2.60 bits per heavy atom. The topological polar surface area (TPSA) is 84.7 Å². The number of hydrogen-bond acceptors (Lipinski definition) is 7. The fourth-order valence-electron chi connectivity index (χ4n) is 3.30. The monoisotopic (exact) mass is 425 g/mol. The lowest BCUT2D eigenvalue weighted by molar-refractivity contribution is -0.112. The third-order valence-electron chi connectivity index (χ3n) is 4.89. The Kier molecular flexibility index (Phi) is 5.94. The number of carbonyl (C=O) groups is 2. The Bertz CT molecular complexity index is 1010. The van der Waals surface area contributed by atoms with Crippen molar-refractivity contribution in [2.75, 3.05) is 18.1 Å². The second-order valence-corrected chi connectivity index (χ2v) is 8.33. The number of aromatic nitrogens is 1. The molecule has 30 heavy (non-hydrogen) atoms. The van der Waals surface area contributed by atoms with Gasteiger partial charge in [0.25, 0.3) is 11.3 Å². The number of anilines is 1. The molecule has 0 spiro atoms. The zero-order valence-corrected chi connectivity index (χ0v) is 17.6. The lowest BCUT2D eigenvalue weighted by Gasteiger charge is -2.24. The van der Waals surface area contributed by atoms with Gasteiger partial charge in [0.05, 0.1) is 6.54 Å². The molecular formula is C22H23N3O4S. The number of para-hydroxylation sites is 2. The molecular weight excluding hydrogens is 402 g/mol. The van der Waals surface area contributed by atoms with E-state index in [1.54, 1.807) is 0 Å². The molecule has 7 nitrogen and oxygen atoms in total. The van der Waals surface area contributed by atoms with Gasteiger partial charge in [-0.1, -0.05) is 24.3 Å². The highest BCUT2D eigenvalue weighted by molar-refractivity contribution is 8.26. The van der Waals surface area contributed by atoms with Crippen LogP contribution in [0.15, 0.2) is 52.9 Å². The molecule has 0 bridgehead atoms. The van der Waals surface area contributed by atoms with Gasteiger partial charge < -0.3 is 19.4 Å². The zero-order valence-electron chi connectivity index (χ0n) is 16.8. The number of amides is 1. The number of fused-ring (bicyclic) bond motifs is 1. The molecule has 1 saturated heterocycles. The van der Waals surface area contributed by atoms with Crippen molar-refractivity contribution in [3.8, 4) is 5.75 Å². The number of benzene rings is 2. The lowest BCUT2D eigenvalue weighted by Crippen LogP contribution is -2.34. The second kappa shape index (κ2) is 8.79. The smallest absolute Gasteiger partial charge is 0.298 e. The first-order chi connectivity index (χ1) is 14.5. The Morgan fingerprint density at radius 1 is 1.17 bits per heavy atom. The van der Waals surface area contributed by atoms with Crippen molar-refractivity contribution in [3.63, 3.8) is 0 Å². The van der Waals surface area contributed by atoms with Crippen molar-refractivity contribution in [3.05, 3.63) is 54.1 Å². The molecule has 4 rings (SSSR count). The number of ether oxygens (including phenoxy) is 1. The van der Waals surface area contributed by atoms with Crippen molar-refractivity contribution in [1.82, 2.24) is 10.3 Å². The van der Waals surface area contributed by atoms with E-state index < -0.39 is 6.04 Å². The van der Waals surface area contributed by atoms with Gasteiger partial charge >= 0.3 is 0 Å². The quantitative estimate of drug-likeness (QED) is 0.583. The van der Waals surface area contributed by atoms with E-state index in [1.165, 1.54) is 0 Å². The molecule has 0 saturated carbocycles. The van der Waals surface area contributed by atoms with Crippen molar-refractivity contribution in [2.24, 2.45) is 0 Å². The Balaban J connectivity index is 1.33. The van der Waals surface area contributed by atoms with Gasteiger partial charge in [0.1, 0.15) is 23.9 Å². The summed E-state index contributed by atoms with van der Waals surface area (Å²) in [6.45, 7) is 5.28. The predicted octanol–water partition coefficient (Wildman–Crippen LogP) is 4.02. The molecule has 1 fully saturated rings. The molecule has 1 unspecified atom stereocenters. The van der Waals surface area contributed by atoms with E-state index in [0.717, 1.165) is 34.2 Å². The number of hydrogen-bond donors (Lipinski definition) is 1. The molecule has 0 radical (unpaired) electrons. The first-order valence-electron chi connectivity index (χ1n) is 9.86. The second-order valence-electron chi connectivity index (χ2n) is 7.35. The van der Waals surface area contributed by atoms with Gasteiger partial charge in [-0.15, -0.1) is 0 Å². The normalized spacial score (nSPS) is 16.3. The molecule has 1 atom stereocenters. The molecule has 1 aliphatic heterocycles. The van der Waals surface area contributed by atoms with E-state index in [4.69, 9.17) is 9.15 Å². The first kappa shape index (κ1) is 20.3. The SMILES string of the molecule is CC(C)N(CCOc1ccc(CC2NC(=O)SC2=O)cc1)c1nc2ccccc2o1. The van der Waals surface area contributed by atoms with E-state index in [2.05, 4.69) is 29.0 Å². The maximum Gasteiger partial charge on any atom is 0.298 e.